The molecule has 138 valence electrons. The zero-order valence-electron chi connectivity index (χ0n) is 15.0. The van der Waals surface area contributed by atoms with Gasteiger partial charge in [0.1, 0.15) is 5.75 Å². The van der Waals surface area contributed by atoms with Crippen molar-refractivity contribution in [1.82, 2.24) is 0 Å². The van der Waals surface area contributed by atoms with E-state index in [9.17, 15) is 9.59 Å². The monoisotopic (exact) mass is 373 g/mol. The van der Waals surface area contributed by atoms with Crippen LogP contribution in [0.15, 0.2) is 42.5 Å². The minimum Gasteiger partial charge on any atom is -0.484 e. The quantitative estimate of drug-likeness (QED) is 0.649. The highest BCUT2D eigenvalue weighted by Crippen LogP contribution is 2.18. The largest absolute Gasteiger partial charge is 0.484 e. The first-order chi connectivity index (χ1) is 12.4. The van der Waals surface area contributed by atoms with Gasteiger partial charge < -0.3 is 15.2 Å². The van der Waals surface area contributed by atoms with E-state index >= 15 is 0 Å². The Hall–Kier alpha value is -2.47. The van der Waals surface area contributed by atoms with E-state index in [1.165, 1.54) is 5.56 Å². The smallest absolute Gasteiger partial charge is 0.304 e. The lowest BCUT2D eigenvalue weighted by molar-refractivity contribution is -0.136. The van der Waals surface area contributed by atoms with Gasteiger partial charge in [-0.1, -0.05) is 18.2 Å². The number of hydrogen-bond donors (Lipinski definition) is 2. The van der Waals surface area contributed by atoms with Crippen LogP contribution in [0.3, 0.4) is 0 Å². The Labute approximate surface area is 157 Å². The first kappa shape index (κ1) is 19.8. The van der Waals surface area contributed by atoms with Crippen molar-refractivity contribution < 1.29 is 19.4 Å². The Bertz CT molecular complexity index is 776. The molecule has 2 aromatic carbocycles. The minimum atomic E-state index is -0.790. The molecule has 5 nitrogen and oxygen atoms in total. The van der Waals surface area contributed by atoms with Gasteiger partial charge in [0.25, 0.3) is 5.91 Å². The number of benzene rings is 2. The van der Waals surface area contributed by atoms with Crippen LogP contribution in [-0.4, -0.2) is 29.3 Å². The maximum absolute atomic E-state index is 12.1. The van der Waals surface area contributed by atoms with Crippen LogP contribution in [0.2, 0.25) is 0 Å². The summed E-state index contributed by atoms with van der Waals surface area (Å²) in [4.78, 5) is 22.6. The van der Waals surface area contributed by atoms with Crippen LogP contribution in [0.25, 0.3) is 0 Å². The molecule has 26 heavy (non-hydrogen) atoms. The maximum atomic E-state index is 12.1. The number of aliphatic carboxylic acids is 1. The fraction of sp³-hybridized carbons (Fsp3) is 0.300. The molecule has 6 heteroatoms. The Balaban J connectivity index is 1.81. The van der Waals surface area contributed by atoms with Crippen molar-refractivity contribution in [1.29, 1.82) is 0 Å². The molecule has 0 fully saturated rings. The number of amides is 1. The Morgan fingerprint density at radius 1 is 1.12 bits per heavy atom. The molecule has 0 aromatic heterocycles. The molecular formula is C20H23NO4S. The number of ether oxygens (including phenoxy) is 1. The summed E-state index contributed by atoms with van der Waals surface area (Å²) >= 11 is 1.55. The molecule has 0 saturated heterocycles. The first-order valence-electron chi connectivity index (χ1n) is 8.32. The van der Waals surface area contributed by atoms with Gasteiger partial charge in [-0.25, -0.2) is 0 Å². The van der Waals surface area contributed by atoms with E-state index in [1.807, 2.05) is 56.3 Å². The number of carbonyl (C=O) groups is 2. The molecule has 2 rings (SSSR count). The molecule has 0 spiro atoms. The van der Waals surface area contributed by atoms with E-state index < -0.39 is 5.97 Å². The van der Waals surface area contributed by atoms with Gasteiger partial charge in [-0.2, -0.15) is 11.8 Å². The van der Waals surface area contributed by atoms with Gasteiger partial charge in [0.05, 0.1) is 6.42 Å². The fourth-order valence-electron chi connectivity index (χ4n) is 2.24. The summed E-state index contributed by atoms with van der Waals surface area (Å²) in [6.07, 6.45) is 0.150. The lowest BCUT2D eigenvalue weighted by Gasteiger charge is -2.10. The van der Waals surface area contributed by atoms with E-state index in [0.29, 0.717) is 22.9 Å². The van der Waals surface area contributed by atoms with E-state index in [-0.39, 0.29) is 18.9 Å². The Morgan fingerprint density at radius 3 is 2.65 bits per heavy atom. The number of aryl methyl sites for hydroxylation is 2. The predicted molar refractivity (Wildman–Crippen MR) is 105 cm³/mol. The SMILES string of the molecule is Cc1ccc(OCC(=O)Nc2cccc(CSCCC(=O)O)c2)cc1C. The third-order valence-corrected chi connectivity index (χ3v) is 4.82. The molecule has 1 amide bonds. The highest BCUT2D eigenvalue weighted by molar-refractivity contribution is 7.98. The van der Waals surface area contributed by atoms with E-state index in [4.69, 9.17) is 9.84 Å². The molecule has 2 N–H and O–H groups in total. The van der Waals surface area contributed by atoms with E-state index in [2.05, 4.69) is 5.32 Å². The van der Waals surface area contributed by atoms with Gasteiger partial charge in [-0.05, 0) is 54.8 Å². The van der Waals surface area contributed by atoms with Crippen molar-refractivity contribution in [2.45, 2.75) is 26.0 Å². The highest BCUT2D eigenvalue weighted by atomic mass is 32.2. The van der Waals surface area contributed by atoms with Gasteiger partial charge in [-0.3, -0.25) is 9.59 Å². The van der Waals surface area contributed by atoms with Crippen molar-refractivity contribution >= 4 is 29.3 Å². The van der Waals surface area contributed by atoms with Crippen LogP contribution < -0.4 is 10.1 Å². The molecule has 0 unspecified atom stereocenters. The zero-order valence-corrected chi connectivity index (χ0v) is 15.8. The van der Waals surface area contributed by atoms with Gasteiger partial charge in [0, 0.05) is 17.2 Å². The average Bonchev–Trinajstić information content (AvgIpc) is 2.60. The number of thioether (sulfide) groups is 1. The summed E-state index contributed by atoms with van der Waals surface area (Å²) < 4.78 is 5.54. The van der Waals surface area contributed by atoms with Crippen molar-refractivity contribution in [3.63, 3.8) is 0 Å². The lowest BCUT2D eigenvalue weighted by atomic mass is 10.1. The summed E-state index contributed by atoms with van der Waals surface area (Å²) in [5.41, 5.74) is 4.04. The second kappa shape index (κ2) is 9.87. The number of carboxylic acid groups (broad SMARTS) is 1. The molecule has 0 heterocycles. The van der Waals surface area contributed by atoms with Gasteiger partial charge in [-0.15, -0.1) is 0 Å². The van der Waals surface area contributed by atoms with Crippen molar-refractivity contribution in [2.75, 3.05) is 17.7 Å². The second-order valence-electron chi connectivity index (χ2n) is 5.98. The van der Waals surface area contributed by atoms with Gasteiger partial charge >= 0.3 is 5.97 Å². The molecule has 0 radical (unpaired) electrons. The topological polar surface area (TPSA) is 75.6 Å². The zero-order chi connectivity index (χ0) is 18.9. The summed E-state index contributed by atoms with van der Waals surface area (Å²) in [5, 5.41) is 11.5. The highest BCUT2D eigenvalue weighted by Gasteiger charge is 2.06. The van der Waals surface area contributed by atoms with E-state index in [1.54, 1.807) is 11.8 Å². The maximum Gasteiger partial charge on any atom is 0.304 e. The summed E-state index contributed by atoms with van der Waals surface area (Å²) in [5.74, 6) is 0.930. The summed E-state index contributed by atoms with van der Waals surface area (Å²) in [6, 6.07) is 13.3. The van der Waals surface area contributed by atoms with Crippen molar-refractivity contribution in [3.8, 4) is 5.75 Å². The molecular weight excluding hydrogens is 350 g/mol. The van der Waals surface area contributed by atoms with Crippen LogP contribution >= 0.6 is 11.8 Å². The second-order valence-corrected chi connectivity index (χ2v) is 7.08. The molecule has 0 aliphatic carbocycles. The molecule has 0 bridgehead atoms. The predicted octanol–water partition coefficient (Wildman–Crippen LogP) is 4.03. The van der Waals surface area contributed by atoms with E-state index in [0.717, 1.165) is 11.1 Å². The van der Waals surface area contributed by atoms with Crippen LogP contribution in [0.4, 0.5) is 5.69 Å². The van der Waals surface area contributed by atoms with Crippen LogP contribution in [0.1, 0.15) is 23.1 Å². The third-order valence-electron chi connectivity index (χ3n) is 3.79. The van der Waals surface area contributed by atoms with Gasteiger partial charge in [0.2, 0.25) is 0 Å². The number of carbonyl (C=O) groups excluding carboxylic acids is 1. The van der Waals surface area contributed by atoms with Crippen molar-refractivity contribution in [2.24, 2.45) is 0 Å². The van der Waals surface area contributed by atoms with Gasteiger partial charge in [0.15, 0.2) is 6.61 Å². The molecule has 0 saturated carbocycles. The molecule has 2 aromatic rings. The number of rotatable bonds is 9. The standard InChI is InChI=1S/C20H23NO4S/c1-14-6-7-18(10-15(14)2)25-12-19(22)21-17-5-3-4-16(11-17)13-26-9-8-20(23)24/h3-7,10-11H,8-9,12-13H2,1-2H3,(H,21,22)(H,23,24). The Kier molecular flexibility index (Phi) is 7.53. The Morgan fingerprint density at radius 2 is 1.92 bits per heavy atom. The minimum absolute atomic E-state index is 0.0555. The molecule has 0 aliphatic rings. The number of nitrogens with one attached hydrogen (secondary N) is 1. The van der Waals surface area contributed by atoms with Crippen LogP contribution in [0, 0.1) is 13.8 Å². The van der Waals surface area contributed by atoms with Crippen LogP contribution in [-0.2, 0) is 15.3 Å². The number of anilines is 1. The summed E-state index contributed by atoms with van der Waals surface area (Å²) in [7, 11) is 0. The fourth-order valence-corrected chi connectivity index (χ4v) is 3.12. The third kappa shape index (κ3) is 6.80. The number of hydrogen-bond acceptors (Lipinski definition) is 4. The first-order valence-corrected chi connectivity index (χ1v) is 9.48. The summed E-state index contributed by atoms with van der Waals surface area (Å²) in [6.45, 7) is 3.97. The molecule has 0 aliphatic heterocycles. The molecule has 0 atom stereocenters. The number of carboxylic acids is 1. The average molecular weight is 373 g/mol. The van der Waals surface area contributed by atoms with Crippen molar-refractivity contribution in [3.05, 3.63) is 59.2 Å². The van der Waals surface area contributed by atoms with Crippen LogP contribution in [0.5, 0.6) is 5.75 Å². The normalized spacial score (nSPS) is 10.4. The lowest BCUT2D eigenvalue weighted by Crippen LogP contribution is -2.20.